The third-order valence-electron chi connectivity index (χ3n) is 5.87. The van der Waals surface area contributed by atoms with Gasteiger partial charge >= 0.3 is 0 Å². The second kappa shape index (κ2) is 9.01. The first-order valence-electron chi connectivity index (χ1n) is 10.8. The molecule has 0 bridgehead atoms. The quantitative estimate of drug-likeness (QED) is 0.307. The van der Waals surface area contributed by atoms with E-state index in [1.165, 1.54) is 11.8 Å². The van der Waals surface area contributed by atoms with E-state index in [4.69, 9.17) is 9.72 Å². The highest BCUT2D eigenvalue weighted by Gasteiger charge is 2.22. The lowest BCUT2D eigenvalue weighted by molar-refractivity contribution is 0.0937. The first kappa shape index (κ1) is 21.8. The monoisotopic (exact) mass is 439 g/mol. The molecule has 3 heterocycles. The van der Waals surface area contributed by atoms with Crippen molar-refractivity contribution in [3.63, 3.8) is 0 Å². The molecule has 1 aliphatic heterocycles. The van der Waals surface area contributed by atoms with Crippen molar-refractivity contribution in [1.29, 1.82) is 0 Å². The van der Waals surface area contributed by atoms with Gasteiger partial charge in [-0.15, -0.1) is 0 Å². The molecule has 1 unspecified atom stereocenters. The first-order chi connectivity index (χ1) is 14.9. The van der Waals surface area contributed by atoms with E-state index < -0.39 is 0 Å². The summed E-state index contributed by atoms with van der Waals surface area (Å²) in [6, 6.07) is 9.63. The van der Waals surface area contributed by atoms with Gasteiger partial charge in [-0.1, -0.05) is 23.9 Å². The van der Waals surface area contributed by atoms with Crippen LogP contribution in [0.15, 0.2) is 40.3 Å². The minimum absolute atomic E-state index is 0.0145. The molecule has 6 nitrogen and oxygen atoms in total. The van der Waals surface area contributed by atoms with Crippen LogP contribution in [0.4, 0.5) is 0 Å². The maximum absolute atomic E-state index is 13.2. The minimum atomic E-state index is -0.0750. The summed E-state index contributed by atoms with van der Waals surface area (Å²) in [7, 11) is 0. The van der Waals surface area contributed by atoms with Crippen LogP contribution in [0.2, 0.25) is 0 Å². The number of para-hydroxylation sites is 1. The van der Waals surface area contributed by atoms with Crippen LogP contribution in [0.3, 0.4) is 0 Å². The Morgan fingerprint density at radius 1 is 1.29 bits per heavy atom. The average Bonchev–Trinajstić information content (AvgIpc) is 3.35. The number of aryl methyl sites for hydroxylation is 1. The number of nitrogens with zero attached hydrogens (tertiary/aromatic N) is 3. The van der Waals surface area contributed by atoms with Gasteiger partial charge in [-0.2, -0.15) is 0 Å². The minimum Gasteiger partial charge on any atom is -0.376 e. The molecular formula is C24H29N3O3S. The van der Waals surface area contributed by atoms with E-state index in [2.05, 4.69) is 18.4 Å². The highest BCUT2D eigenvalue weighted by Crippen LogP contribution is 2.25. The van der Waals surface area contributed by atoms with Gasteiger partial charge in [0, 0.05) is 29.6 Å². The van der Waals surface area contributed by atoms with Crippen molar-refractivity contribution < 1.29 is 9.53 Å². The maximum Gasteiger partial charge on any atom is 0.262 e. The molecule has 2 aromatic heterocycles. The summed E-state index contributed by atoms with van der Waals surface area (Å²) >= 11 is 1.33. The molecule has 0 aliphatic carbocycles. The second-order valence-corrected chi connectivity index (χ2v) is 9.37. The third-order valence-corrected chi connectivity index (χ3v) is 6.85. The number of aromatic nitrogens is 3. The maximum atomic E-state index is 13.2. The number of thioether (sulfide) groups is 1. The molecule has 0 radical (unpaired) electrons. The van der Waals surface area contributed by atoms with Crippen molar-refractivity contribution in [3.05, 3.63) is 57.6 Å². The zero-order valence-electron chi connectivity index (χ0n) is 18.6. The van der Waals surface area contributed by atoms with Gasteiger partial charge in [0.1, 0.15) is 0 Å². The first-order valence-corrected chi connectivity index (χ1v) is 11.8. The molecule has 1 saturated heterocycles. The summed E-state index contributed by atoms with van der Waals surface area (Å²) in [5, 5.41) is 1.17. The Morgan fingerprint density at radius 2 is 2.06 bits per heavy atom. The van der Waals surface area contributed by atoms with Gasteiger partial charge < -0.3 is 9.30 Å². The molecule has 3 aromatic rings. The predicted octanol–water partition coefficient (Wildman–Crippen LogP) is 4.55. The summed E-state index contributed by atoms with van der Waals surface area (Å²) in [6.07, 6.45) is 1.96. The topological polar surface area (TPSA) is 66.1 Å². The number of Topliss-reactive ketones (excluding diaryl/α,β-unsaturated/α-hetero) is 1. The zero-order valence-corrected chi connectivity index (χ0v) is 19.4. The van der Waals surface area contributed by atoms with Gasteiger partial charge in [-0.05, 0) is 58.7 Å². The van der Waals surface area contributed by atoms with Crippen LogP contribution >= 0.6 is 11.8 Å². The lowest BCUT2D eigenvalue weighted by Crippen LogP contribution is -2.29. The molecule has 4 rings (SSSR count). The number of ketones is 1. The van der Waals surface area contributed by atoms with Crippen LogP contribution in [0.5, 0.6) is 0 Å². The van der Waals surface area contributed by atoms with Crippen molar-refractivity contribution in [3.8, 4) is 0 Å². The highest BCUT2D eigenvalue weighted by molar-refractivity contribution is 7.99. The molecule has 0 N–H and O–H groups in total. The van der Waals surface area contributed by atoms with Gasteiger partial charge in [-0.25, -0.2) is 4.98 Å². The Kier molecular flexibility index (Phi) is 6.34. The number of rotatable bonds is 7. The molecule has 0 amide bonds. The lowest BCUT2D eigenvalue weighted by Gasteiger charge is -2.16. The molecule has 1 fully saturated rings. The fourth-order valence-electron chi connectivity index (χ4n) is 4.47. The Morgan fingerprint density at radius 3 is 2.74 bits per heavy atom. The number of hydrogen-bond acceptors (Lipinski definition) is 5. The van der Waals surface area contributed by atoms with E-state index >= 15 is 0 Å². The van der Waals surface area contributed by atoms with Crippen LogP contribution in [0.1, 0.15) is 54.5 Å². The number of carbonyl (C=O) groups excluding carboxylic acids is 1. The molecule has 0 spiro atoms. The highest BCUT2D eigenvalue weighted by atomic mass is 32.2. The molecular weight excluding hydrogens is 410 g/mol. The van der Waals surface area contributed by atoms with Crippen LogP contribution in [0.25, 0.3) is 10.9 Å². The number of carbonyl (C=O) groups is 1. The standard InChI is InChI=1S/C24H29N3O3S/c1-15(2)27-16(3)12-20(17(27)4)22(28)14-31-24-25-21-10-6-5-9-19(21)23(29)26(24)13-18-8-7-11-30-18/h5-6,9-10,12,15,18H,7-8,11,13-14H2,1-4H3. The van der Waals surface area contributed by atoms with E-state index in [9.17, 15) is 9.59 Å². The molecule has 164 valence electrons. The Balaban J connectivity index is 1.64. The van der Waals surface area contributed by atoms with Crippen molar-refractivity contribution in [2.75, 3.05) is 12.4 Å². The van der Waals surface area contributed by atoms with E-state index in [-0.39, 0.29) is 23.2 Å². The van der Waals surface area contributed by atoms with Crippen molar-refractivity contribution in [2.45, 2.75) is 64.4 Å². The van der Waals surface area contributed by atoms with E-state index in [1.54, 1.807) is 10.6 Å². The number of fused-ring (bicyclic) bond motifs is 1. The number of ether oxygens (including phenoxy) is 1. The fraction of sp³-hybridized carbons (Fsp3) is 0.458. The van der Waals surface area contributed by atoms with Gasteiger partial charge in [0.2, 0.25) is 0 Å². The molecule has 1 aliphatic rings. The lowest BCUT2D eigenvalue weighted by atomic mass is 10.2. The van der Waals surface area contributed by atoms with E-state index in [0.717, 1.165) is 36.4 Å². The molecule has 1 aromatic carbocycles. The summed E-state index contributed by atoms with van der Waals surface area (Å²) in [4.78, 5) is 31.0. The van der Waals surface area contributed by atoms with Crippen LogP contribution < -0.4 is 5.56 Å². The van der Waals surface area contributed by atoms with Crippen molar-refractivity contribution >= 4 is 28.4 Å². The smallest absolute Gasteiger partial charge is 0.262 e. The SMILES string of the molecule is Cc1cc(C(=O)CSc2nc3ccccc3c(=O)n2CC2CCCO2)c(C)n1C(C)C. The number of benzene rings is 1. The Bertz CT molecular complexity index is 1170. The van der Waals surface area contributed by atoms with Crippen LogP contribution in [-0.2, 0) is 11.3 Å². The molecule has 0 saturated carbocycles. The third kappa shape index (κ3) is 4.34. The normalized spacial score (nSPS) is 16.5. The van der Waals surface area contributed by atoms with Gasteiger partial charge in [0.25, 0.3) is 5.56 Å². The van der Waals surface area contributed by atoms with Crippen LogP contribution in [-0.4, -0.2) is 38.4 Å². The zero-order chi connectivity index (χ0) is 22.1. The second-order valence-electron chi connectivity index (χ2n) is 8.42. The molecule has 31 heavy (non-hydrogen) atoms. The van der Waals surface area contributed by atoms with E-state index in [0.29, 0.717) is 28.6 Å². The van der Waals surface area contributed by atoms with Crippen molar-refractivity contribution in [1.82, 2.24) is 14.1 Å². The summed E-state index contributed by atoms with van der Waals surface area (Å²) in [6.45, 7) is 9.45. The van der Waals surface area contributed by atoms with Gasteiger partial charge in [-0.3, -0.25) is 14.2 Å². The summed E-state index contributed by atoms with van der Waals surface area (Å²) in [5.74, 6) is 0.287. The van der Waals surface area contributed by atoms with Crippen molar-refractivity contribution in [2.24, 2.45) is 0 Å². The Labute approximate surface area is 186 Å². The number of hydrogen-bond donors (Lipinski definition) is 0. The fourth-order valence-corrected chi connectivity index (χ4v) is 5.36. The molecule has 1 atom stereocenters. The molecule has 7 heteroatoms. The summed E-state index contributed by atoms with van der Waals surface area (Å²) < 4.78 is 9.63. The summed E-state index contributed by atoms with van der Waals surface area (Å²) in [5.41, 5.74) is 3.40. The van der Waals surface area contributed by atoms with Gasteiger partial charge in [0.15, 0.2) is 10.9 Å². The van der Waals surface area contributed by atoms with E-state index in [1.807, 2.05) is 38.1 Å². The Hall–Kier alpha value is -2.38. The van der Waals surface area contributed by atoms with Gasteiger partial charge in [0.05, 0.1) is 29.3 Å². The largest absolute Gasteiger partial charge is 0.376 e. The predicted molar refractivity (Wildman–Crippen MR) is 124 cm³/mol. The average molecular weight is 440 g/mol. The van der Waals surface area contributed by atoms with Crippen LogP contribution in [0, 0.1) is 13.8 Å².